The summed E-state index contributed by atoms with van der Waals surface area (Å²) < 4.78 is 65.7. The highest BCUT2D eigenvalue weighted by Crippen LogP contribution is 2.35. The summed E-state index contributed by atoms with van der Waals surface area (Å²) in [6.07, 6.45) is 0.544. The molecule has 0 spiro atoms. The number of pyridine rings is 1. The van der Waals surface area contributed by atoms with Gasteiger partial charge in [-0.3, -0.25) is 9.48 Å². The van der Waals surface area contributed by atoms with Crippen LogP contribution in [0.2, 0.25) is 10.2 Å². The fraction of sp³-hybridized carbons (Fsp3) is 0.458. The van der Waals surface area contributed by atoms with Gasteiger partial charge < -0.3 is 10.6 Å². The van der Waals surface area contributed by atoms with E-state index in [2.05, 4.69) is 20.7 Å². The maximum atomic E-state index is 13.5. The molecule has 8 nitrogen and oxygen atoms in total. The van der Waals surface area contributed by atoms with Crippen molar-refractivity contribution < 1.29 is 26.4 Å². The molecule has 206 valence electrons. The molecule has 1 aliphatic carbocycles. The molecular formula is C24H26Cl2F3N5O3S. The Balaban J connectivity index is 1.51. The standard InChI is InChI=1S/C24H26Cl2F3N5O3S/c1-3-21(38(2,36)37)34-12-17(22(26)33-34)23(35)31-15-6-4-5-14(10-15)30-19-11-20(24(27,28)29)32-18-8-7-13(25)9-16(18)19/h7-9,11-12,14-15,21H,3-6,10H2,1-2H3,(H,30,32)(H,31,35)/t14-,15+,21?/m0/s1. The minimum atomic E-state index is -4.62. The van der Waals surface area contributed by atoms with E-state index in [9.17, 15) is 26.4 Å². The van der Waals surface area contributed by atoms with E-state index in [-0.39, 0.29) is 40.4 Å². The fourth-order valence-corrected chi connectivity index (χ4v) is 6.25. The number of rotatable bonds is 7. The predicted octanol–water partition coefficient (Wildman–Crippen LogP) is 5.86. The molecule has 2 N–H and O–H groups in total. The lowest BCUT2D eigenvalue weighted by atomic mass is 9.90. The molecule has 0 saturated heterocycles. The zero-order valence-corrected chi connectivity index (χ0v) is 22.8. The summed E-state index contributed by atoms with van der Waals surface area (Å²) in [5.74, 6) is -0.504. The van der Waals surface area contributed by atoms with Crippen LogP contribution in [0.15, 0.2) is 30.5 Å². The highest BCUT2D eigenvalue weighted by atomic mass is 35.5. The largest absolute Gasteiger partial charge is 0.433 e. The first-order valence-corrected chi connectivity index (χ1v) is 14.7. The summed E-state index contributed by atoms with van der Waals surface area (Å²) in [6.45, 7) is 1.69. The van der Waals surface area contributed by atoms with Crippen molar-refractivity contribution in [1.82, 2.24) is 20.1 Å². The van der Waals surface area contributed by atoms with Crippen LogP contribution in [0.5, 0.6) is 0 Å². The van der Waals surface area contributed by atoms with Crippen molar-refractivity contribution >= 4 is 55.5 Å². The number of halogens is 5. The van der Waals surface area contributed by atoms with Gasteiger partial charge in [-0.05, 0) is 56.4 Å². The van der Waals surface area contributed by atoms with Gasteiger partial charge in [0.05, 0.1) is 11.1 Å². The molecule has 1 aliphatic rings. The monoisotopic (exact) mass is 591 g/mol. The average Bonchev–Trinajstić information content (AvgIpc) is 3.19. The number of hydrogen-bond acceptors (Lipinski definition) is 6. The van der Waals surface area contributed by atoms with Crippen molar-refractivity contribution in [3.8, 4) is 0 Å². The Kier molecular flexibility index (Phi) is 8.15. The van der Waals surface area contributed by atoms with Crippen LogP contribution < -0.4 is 10.6 Å². The minimum absolute atomic E-state index is 0.0495. The van der Waals surface area contributed by atoms with Gasteiger partial charge >= 0.3 is 6.18 Å². The van der Waals surface area contributed by atoms with E-state index < -0.39 is 33.0 Å². The number of benzene rings is 1. The van der Waals surface area contributed by atoms with E-state index in [1.165, 1.54) is 23.0 Å². The van der Waals surface area contributed by atoms with E-state index in [0.717, 1.165) is 18.7 Å². The Hall–Kier alpha value is -2.57. The first kappa shape index (κ1) is 28.4. The van der Waals surface area contributed by atoms with Crippen LogP contribution in [0.3, 0.4) is 0 Å². The molecule has 1 unspecified atom stereocenters. The van der Waals surface area contributed by atoms with Crippen LogP contribution in [0, 0.1) is 0 Å². The molecule has 3 atom stereocenters. The molecule has 4 rings (SSSR count). The highest BCUT2D eigenvalue weighted by molar-refractivity contribution is 7.90. The summed E-state index contributed by atoms with van der Waals surface area (Å²) in [6, 6.07) is 4.95. The van der Waals surface area contributed by atoms with Gasteiger partial charge in [-0.2, -0.15) is 18.3 Å². The third-order valence-electron chi connectivity index (χ3n) is 6.50. The van der Waals surface area contributed by atoms with Gasteiger partial charge in [0, 0.05) is 40.6 Å². The molecular weight excluding hydrogens is 566 g/mol. The first-order valence-electron chi connectivity index (χ1n) is 11.9. The number of carbonyl (C=O) groups is 1. The number of alkyl halides is 3. The predicted molar refractivity (Wildman–Crippen MR) is 140 cm³/mol. The summed E-state index contributed by atoms with van der Waals surface area (Å²) in [5, 5.41) is 9.89. The Labute approximate surface area is 227 Å². The van der Waals surface area contributed by atoms with Gasteiger partial charge in [0.15, 0.2) is 20.4 Å². The van der Waals surface area contributed by atoms with Crippen molar-refractivity contribution in [3.63, 3.8) is 0 Å². The third kappa shape index (κ3) is 6.35. The maximum absolute atomic E-state index is 13.5. The van der Waals surface area contributed by atoms with Gasteiger partial charge in [-0.15, -0.1) is 0 Å². The second-order valence-corrected chi connectivity index (χ2v) is 12.4. The molecule has 0 radical (unpaired) electrons. The zero-order chi connectivity index (χ0) is 27.8. The lowest BCUT2D eigenvalue weighted by Gasteiger charge is -2.31. The molecule has 1 aromatic carbocycles. The smallest absolute Gasteiger partial charge is 0.382 e. The summed E-state index contributed by atoms with van der Waals surface area (Å²) >= 11 is 12.2. The average molecular weight is 592 g/mol. The Morgan fingerprint density at radius 3 is 2.58 bits per heavy atom. The molecule has 38 heavy (non-hydrogen) atoms. The number of hydrogen-bond donors (Lipinski definition) is 2. The van der Waals surface area contributed by atoms with Crippen molar-refractivity contribution in [2.24, 2.45) is 0 Å². The fourth-order valence-electron chi connectivity index (χ4n) is 4.75. The van der Waals surface area contributed by atoms with Crippen LogP contribution in [-0.4, -0.2) is 47.4 Å². The molecule has 1 saturated carbocycles. The van der Waals surface area contributed by atoms with Crippen molar-refractivity contribution in [2.75, 3.05) is 11.6 Å². The molecule has 0 bridgehead atoms. The number of nitrogens with one attached hydrogen (secondary N) is 2. The Morgan fingerprint density at radius 1 is 1.21 bits per heavy atom. The molecule has 2 aromatic heterocycles. The summed E-state index contributed by atoms with van der Waals surface area (Å²) in [4.78, 5) is 16.7. The van der Waals surface area contributed by atoms with Crippen LogP contribution >= 0.6 is 23.2 Å². The van der Waals surface area contributed by atoms with E-state index in [1.54, 1.807) is 13.0 Å². The number of fused-ring (bicyclic) bond motifs is 1. The van der Waals surface area contributed by atoms with E-state index in [4.69, 9.17) is 23.2 Å². The highest BCUT2D eigenvalue weighted by Gasteiger charge is 2.34. The van der Waals surface area contributed by atoms with Crippen LogP contribution in [-0.2, 0) is 16.0 Å². The van der Waals surface area contributed by atoms with Crippen LogP contribution in [0.4, 0.5) is 18.9 Å². The minimum Gasteiger partial charge on any atom is -0.382 e. The maximum Gasteiger partial charge on any atom is 0.433 e. The van der Waals surface area contributed by atoms with E-state index >= 15 is 0 Å². The summed E-state index contributed by atoms with van der Waals surface area (Å²) in [5.41, 5.74) is -0.536. The first-order chi connectivity index (χ1) is 17.8. The SMILES string of the molecule is CCC(n1cc(C(=O)N[C@@H]2CCC[C@H](Nc3cc(C(F)(F)F)nc4ccc(Cl)cc34)C2)c(Cl)n1)S(C)(=O)=O. The second-order valence-electron chi connectivity index (χ2n) is 9.40. The van der Waals surface area contributed by atoms with Crippen LogP contribution in [0.25, 0.3) is 10.9 Å². The topological polar surface area (TPSA) is 106 Å². The zero-order valence-electron chi connectivity index (χ0n) is 20.5. The second kappa shape index (κ2) is 10.9. The van der Waals surface area contributed by atoms with Crippen molar-refractivity contribution in [2.45, 2.75) is 62.7 Å². The molecule has 3 aromatic rings. The van der Waals surface area contributed by atoms with Crippen molar-refractivity contribution in [3.05, 3.63) is 51.9 Å². The number of aromatic nitrogens is 3. The molecule has 1 amide bonds. The molecule has 14 heteroatoms. The molecule has 2 heterocycles. The van der Waals surface area contributed by atoms with Gasteiger partial charge in [-0.25, -0.2) is 13.4 Å². The van der Waals surface area contributed by atoms with Gasteiger partial charge in [0.2, 0.25) is 0 Å². The van der Waals surface area contributed by atoms with Gasteiger partial charge in [0.25, 0.3) is 5.91 Å². The van der Waals surface area contributed by atoms with E-state index in [0.29, 0.717) is 29.7 Å². The number of carbonyl (C=O) groups excluding carboxylic acids is 1. The molecule has 0 aliphatic heterocycles. The quantitative estimate of drug-likeness (QED) is 0.356. The number of anilines is 1. The molecule has 1 fully saturated rings. The van der Waals surface area contributed by atoms with Crippen molar-refractivity contribution in [1.29, 1.82) is 0 Å². The lowest BCUT2D eigenvalue weighted by Crippen LogP contribution is -2.41. The normalized spacial score (nSPS) is 19.3. The summed E-state index contributed by atoms with van der Waals surface area (Å²) in [7, 11) is -3.47. The lowest BCUT2D eigenvalue weighted by molar-refractivity contribution is -0.140. The Bertz CT molecular complexity index is 1460. The third-order valence-corrected chi connectivity index (χ3v) is 8.55. The Morgan fingerprint density at radius 2 is 1.92 bits per heavy atom. The number of nitrogens with zero attached hydrogens (tertiary/aromatic N) is 3. The van der Waals surface area contributed by atoms with Crippen LogP contribution in [0.1, 0.15) is 60.5 Å². The number of sulfone groups is 1. The van der Waals surface area contributed by atoms with Gasteiger partial charge in [-0.1, -0.05) is 30.1 Å². The van der Waals surface area contributed by atoms with E-state index in [1.807, 2.05) is 0 Å². The number of amides is 1. The van der Waals surface area contributed by atoms with Gasteiger partial charge in [0.1, 0.15) is 5.69 Å².